The summed E-state index contributed by atoms with van der Waals surface area (Å²) in [6.45, 7) is -1.16. The molecule has 0 spiro atoms. The van der Waals surface area contributed by atoms with Gasteiger partial charge in [0.2, 0.25) is 5.91 Å². The van der Waals surface area contributed by atoms with E-state index in [1.807, 2.05) is 24.3 Å². The first-order valence-corrected chi connectivity index (χ1v) is 6.58. The van der Waals surface area contributed by atoms with Gasteiger partial charge in [-0.15, -0.1) is 0 Å². The molecule has 0 radical (unpaired) electrons. The minimum absolute atomic E-state index is 0.0487. The summed E-state index contributed by atoms with van der Waals surface area (Å²) in [5, 5.41) is 2.56. The van der Waals surface area contributed by atoms with Gasteiger partial charge in [0.25, 0.3) is 0 Å². The zero-order valence-corrected chi connectivity index (χ0v) is 11.3. The molecular formula is C14H16F3NO3. The fourth-order valence-electron chi connectivity index (χ4n) is 2.08. The van der Waals surface area contributed by atoms with Gasteiger partial charge in [-0.25, -0.2) is 0 Å². The third-order valence-corrected chi connectivity index (χ3v) is 3.06. The highest BCUT2D eigenvalue weighted by Gasteiger charge is 2.28. The number of fused-ring (bicyclic) bond motifs is 1. The lowest BCUT2D eigenvalue weighted by molar-refractivity contribution is -0.173. The van der Waals surface area contributed by atoms with E-state index < -0.39 is 12.8 Å². The highest BCUT2D eigenvalue weighted by molar-refractivity contribution is 5.79. The number of benzene rings is 1. The molecule has 116 valence electrons. The van der Waals surface area contributed by atoms with Crippen molar-refractivity contribution in [3.63, 3.8) is 0 Å². The Morgan fingerprint density at radius 2 is 2.14 bits per heavy atom. The minimum atomic E-state index is -4.34. The van der Waals surface area contributed by atoms with Crippen molar-refractivity contribution in [1.29, 1.82) is 0 Å². The topological polar surface area (TPSA) is 47.6 Å². The normalized spacial score (nSPS) is 17.8. The Morgan fingerprint density at radius 1 is 1.38 bits per heavy atom. The van der Waals surface area contributed by atoms with Crippen molar-refractivity contribution in [2.24, 2.45) is 5.92 Å². The molecule has 1 aromatic carbocycles. The molecule has 21 heavy (non-hydrogen) atoms. The summed E-state index contributed by atoms with van der Waals surface area (Å²) in [5.74, 6) is 0.206. The van der Waals surface area contributed by atoms with Gasteiger partial charge >= 0.3 is 6.18 Å². The van der Waals surface area contributed by atoms with E-state index in [2.05, 4.69) is 10.1 Å². The van der Waals surface area contributed by atoms with Crippen LogP contribution in [0, 0.1) is 5.92 Å². The minimum Gasteiger partial charge on any atom is -0.492 e. The van der Waals surface area contributed by atoms with Gasteiger partial charge in [-0.05, 0) is 18.1 Å². The lowest BCUT2D eigenvalue weighted by Crippen LogP contribution is -2.39. The van der Waals surface area contributed by atoms with Crippen LogP contribution in [-0.2, 0) is 16.0 Å². The van der Waals surface area contributed by atoms with Gasteiger partial charge in [0.15, 0.2) is 0 Å². The summed E-state index contributed by atoms with van der Waals surface area (Å²) in [6.07, 6.45) is -3.78. The molecule has 0 bridgehead atoms. The van der Waals surface area contributed by atoms with Crippen LogP contribution in [0.2, 0.25) is 0 Å². The SMILES string of the molecule is O=C(NCCOCC(F)(F)F)C1COc2ccccc2C1. The van der Waals surface area contributed by atoms with Crippen LogP contribution in [0.25, 0.3) is 0 Å². The van der Waals surface area contributed by atoms with Crippen LogP contribution < -0.4 is 10.1 Å². The van der Waals surface area contributed by atoms with Crippen LogP contribution in [0.1, 0.15) is 5.56 Å². The first-order chi connectivity index (χ1) is 9.96. The van der Waals surface area contributed by atoms with E-state index in [9.17, 15) is 18.0 Å². The van der Waals surface area contributed by atoms with Gasteiger partial charge in [-0.1, -0.05) is 18.2 Å². The van der Waals surface area contributed by atoms with Gasteiger partial charge in [0.1, 0.15) is 19.0 Å². The number of para-hydroxylation sites is 1. The zero-order chi connectivity index (χ0) is 15.3. The maximum absolute atomic E-state index is 11.9. The van der Waals surface area contributed by atoms with Crippen LogP contribution in [0.5, 0.6) is 5.75 Å². The first kappa shape index (κ1) is 15.6. The van der Waals surface area contributed by atoms with Crippen LogP contribution >= 0.6 is 0 Å². The molecule has 1 aromatic rings. The zero-order valence-electron chi connectivity index (χ0n) is 11.3. The van der Waals surface area contributed by atoms with Gasteiger partial charge in [-0.3, -0.25) is 4.79 Å². The summed E-state index contributed by atoms with van der Waals surface area (Å²) in [4.78, 5) is 11.9. The Bertz CT molecular complexity index is 491. The van der Waals surface area contributed by atoms with Crippen LogP contribution in [0.4, 0.5) is 13.2 Å². The Balaban J connectivity index is 1.70. The molecule has 0 saturated carbocycles. The molecule has 1 unspecified atom stereocenters. The number of nitrogens with one attached hydrogen (secondary N) is 1. The quantitative estimate of drug-likeness (QED) is 0.846. The molecule has 0 fully saturated rings. The van der Waals surface area contributed by atoms with E-state index in [1.165, 1.54) is 0 Å². The number of halogens is 3. The second-order valence-electron chi connectivity index (χ2n) is 4.78. The Morgan fingerprint density at radius 3 is 2.90 bits per heavy atom. The number of carbonyl (C=O) groups is 1. The molecule has 0 aromatic heterocycles. The molecule has 1 atom stereocenters. The summed E-state index contributed by atoms with van der Waals surface area (Å²) in [5.41, 5.74) is 0.956. The van der Waals surface area contributed by atoms with Crippen molar-refractivity contribution in [3.8, 4) is 5.75 Å². The van der Waals surface area contributed by atoms with Crippen LogP contribution in [0.15, 0.2) is 24.3 Å². The van der Waals surface area contributed by atoms with E-state index in [4.69, 9.17) is 4.74 Å². The molecule has 2 rings (SSSR count). The molecular weight excluding hydrogens is 287 g/mol. The van der Waals surface area contributed by atoms with Gasteiger partial charge in [0, 0.05) is 6.54 Å². The molecule has 7 heteroatoms. The Hall–Kier alpha value is -1.76. The molecule has 0 saturated heterocycles. The number of amides is 1. The van der Waals surface area contributed by atoms with E-state index >= 15 is 0 Å². The predicted octanol–water partition coefficient (Wildman–Crippen LogP) is 1.93. The van der Waals surface area contributed by atoms with E-state index in [-0.39, 0.29) is 31.6 Å². The number of alkyl halides is 3. The average Bonchev–Trinajstić information content (AvgIpc) is 2.45. The van der Waals surface area contributed by atoms with Crippen LogP contribution in [-0.4, -0.2) is 38.4 Å². The number of ether oxygens (including phenoxy) is 2. The first-order valence-electron chi connectivity index (χ1n) is 6.58. The van der Waals surface area contributed by atoms with Crippen molar-refractivity contribution >= 4 is 5.91 Å². The van der Waals surface area contributed by atoms with Gasteiger partial charge < -0.3 is 14.8 Å². The molecule has 1 heterocycles. The van der Waals surface area contributed by atoms with Crippen molar-refractivity contribution in [2.45, 2.75) is 12.6 Å². The Kier molecular flexibility index (Phi) is 5.06. The summed E-state index contributed by atoms with van der Waals surface area (Å²) in [7, 11) is 0. The van der Waals surface area contributed by atoms with E-state index in [1.54, 1.807) is 0 Å². The number of rotatable bonds is 5. The van der Waals surface area contributed by atoms with Crippen molar-refractivity contribution in [1.82, 2.24) is 5.32 Å². The summed E-state index contributed by atoms with van der Waals surface area (Å²) < 4.78 is 45.4. The monoisotopic (exact) mass is 303 g/mol. The lowest BCUT2D eigenvalue weighted by Gasteiger charge is -2.24. The highest BCUT2D eigenvalue weighted by atomic mass is 19.4. The smallest absolute Gasteiger partial charge is 0.411 e. The largest absolute Gasteiger partial charge is 0.492 e. The molecule has 1 aliphatic rings. The molecule has 1 amide bonds. The highest BCUT2D eigenvalue weighted by Crippen LogP contribution is 2.26. The van der Waals surface area contributed by atoms with E-state index in [0.29, 0.717) is 6.42 Å². The summed E-state index contributed by atoms with van der Waals surface area (Å²) in [6, 6.07) is 7.46. The van der Waals surface area contributed by atoms with Crippen molar-refractivity contribution in [3.05, 3.63) is 29.8 Å². The third kappa shape index (κ3) is 4.93. The molecule has 1 aliphatic heterocycles. The molecule has 0 aliphatic carbocycles. The van der Waals surface area contributed by atoms with Gasteiger partial charge in [0.05, 0.1) is 12.5 Å². The molecule has 4 nitrogen and oxygen atoms in total. The van der Waals surface area contributed by atoms with Gasteiger partial charge in [-0.2, -0.15) is 13.2 Å². The lowest BCUT2D eigenvalue weighted by atomic mass is 9.96. The number of hydrogen-bond donors (Lipinski definition) is 1. The maximum atomic E-state index is 11.9. The number of carbonyl (C=O) groups excluding carboxylic acids is 1. The van der Waals surface area contributed by atoms with E-state index in [0.717, 1.165) is 11.3 Å². The average molecular weight is 303 g/mol. The van der Waals surface area contributed by atoms with Crippen molar-refractivity contribution < 1.29 is 27.4 Å². The maximum Gasteiger partial charge on any atom is 0.411 e. The number of hydrogen-bond acceptors (Lipinski definition) is 3. The Labute approximate surface area is 120 Å². The predicted molar refractivity (Wildman–Crippen MR) is 69.0 cm³/mol. The second kappa shape index (κ2) is 6.80. The molecule has 1 N–H and O–H groups in total. The van der Waals surface area contributed by atoms with Crippen molar-refractivity contribution in [2.75, 3.05) is 26.4 Å². The standard InChI is InChI=1S/C14H16F3NO3/c15-14(16,17)9-20-6-5-18-13(19)11-7-10-3-1-2-4-12(10)21-8-11/h1-4,11H,5-9H2,(H,18,19). The third-order valence-electron chi connectivity index (χ3n) is 3.06. The second-order valence-corrected chi connectivity index (χ2v) is 4.78. The fraction of sp³-hybridized carbons (Fsp3) is 0.500. The van der Waals surface area contributed by atoms with Crippen LogP contribution in [0.3, 0.4) is 0 Å². The fourth-order valence-corrected chi connectivity index (χ4v) is 2.08. The summed E-state index contributed by atoms with van der Waals surface area (Å²) >= 11 is 0.